The standard InChI is InChI=1S/C11H11ClF3NO2/c1-2-8(10(17)18)16-9-5-6(11(13,14)15)3-4-7(9)12/h3-5,8,16H,2H2,1H3,(H,17,18). The highest BCUT2D eigenvalue weighted by Gasteiger charge is 2.31. The second-order valence-corrected chi connectivity index (χ2v) is 4.04. The third-order valence-corrected chi connectivity index (χ3v) is 2.66. The number of nitrogens with one attached hydrogen (secondary N) is 1. The highest BCUT2D eigenvalue weighted by atomic mass is 35.5. The summed E-state index contributed by atoms with van der Waals surface area (Å²) < 4.78 is 37.5. The molecule has 1 unspecified atom stereocenters. The summed E-state index contributed by atoms with van der Waals surface area (Å²) >= 11 is 5.73. The van der Waals surface area contributed by atoms with Gasteiger partial charge in [-0.25, -0.2) is 4.79 Å². The maximum absolute atomic E-state index is 12.5. The van der Waals surface area contributed by atoms with Gasteiger partial charge in [-0.3, -0.25) is 0 Å². The van der Waals surface area contributed by atoms with Crippen LogP contribution in [0.1, 0.15) is 18.9 Å². The fourth-order valence-electron chi connectivity index (χ4n) is 1.34. The summed E-state index contributed by atoms with van der Waals surface area (Å²) in [6.07, 6.45) is -4.27. The van der Waals surface area contributed by atoms with Gasteiger partial charge in [0.2, 0.25) is 0 Å². The molecule has 0 aliphatic heterocycles. The van der Waals surface area contributed by atoms with Gasteiger partial charge in [-0.05, 0) is 24.6 Å². The molecule has 0 aliphatic rings. The molecule has 0 radical (unpaired) electrons. The molecule has 18 heavy (non-hydrogen) atoms. The Kier molecular flexibility index (Phi) is 4.45. The van der Waals surface area contributed by atoms with Crippen LogP contribution < -0.4 is 5.32 Å². The first-order valence-corrected chi connectivity index (χ1v) is 5.49. The molecule has 0 saturated heterocycles. The number of carboxylic acid groups (broad SMARTS) is 1. The quantitative estimate of drug-likeness (QED) is 0.886. The number of halogens is 4. The zero-order valence-electron chi connectivity index (χ0n) is 9.38. The van der Waals surface area contributed by atoms with E-state index in [1.165, 1.54) is 0 Å². The lowest BCUT2D eigenvalue weighted by Crippen LogP contribution is -2.28. The number of alkyl halides is 3. The van der Waals surface area contributed by atoms with Gasteiger partial charge in [0.05, 0.1) is 16.3 Å². The third-order valence-electron chi connectivity index (χ3n) is 2.33. The van der Waals surface area contributed by atoms with E-state index >= 15 is 0 Å². The van der Waals surface area contributed by atoms with Crippen molar-refractivity contribution in [3.05, 3.63) is 28.8 Å². The average molecular weight is 282 g/mol. The van der Waals surface area contributed by atoms with Crippen LogP contribution in [0.2, 0.25) is 5.02 Å². The molecule has 0 bridgehead atoms. The van der Waals surface area contributed by atoms with Crippen LogP contribution in [0, 0.1) is 0 Å². The van der Waals surface area contributed by atoms with Crippen molar-refractivity contribution in [3.63, 3.8) is 0 Å². The molecule has 0 amide bonds. The fraction of sp³-hybridized carbons (Fsp3) is 0.364. The number of benzene rings is 1. The van der Waals surface area contributed by atoms with Crippen molar-refractivity contribution in [1.29, 1.82) is 0 Å². The Morgan fingerprint density at radius 1 is 1.50 bits per heavy atom. The highest BCUT2D eigenvalue weighted by Crippen LogP contribution is 2.34. The van der Waals surface area contributed by atoms with Crippen molar-refractivity contribution < 1.29 is 23.1 Å². The lowest BCUT2D eigenvalue weighted by molar-refractivity contribution is -0.138. The summed E-state index contributed by atoms with van der Waals surface area (Å²) in [7, 11) is 0. The molecule has 0 aromatic heterocycles. The molecule has 7 heteroatoms. The predicted molar refractivity (Wildman–Crippen MR) is 61.8 cm³/mol. The van der Waals surface area contributed by atoms with Gasteiger partial charge in [-0.2, -0.15) is 13.2 Å². The molecule has 0 spiro atoms. The minimum Gasteiger partial charge on any atom is -0.480 e. The second-order valence-electron chi connectivity index (χ2n) is 3.64. The summed E-state index contributed by atoms with van der Waals surface area (Å²) in [5.41, 5.74) is -0.921. The first-order valence-electron chi connectivity index (χ1n) is 5.11. The Labute approximate surface area is 107 Å². The topological polar surface area (TPSA) is 49.3 Å². The Morgan fingerprint density at radius 3 is 2.56 bits per heavy atom. The SMILES string of the molecule is CCC(Nc1cc(C(F)(F)F)ccc1Cl)C(=O)O. The molecule has 100 valence electrons. The van der Waals surface area contributed by atoms with E-state index in [9.17, 15) is 18.0 Å². The van der Waals surface area contributed by atoms with Crippen LogP contribution in [0.4, 0.5) is 18.9 Å². The van der Waals surface area contributed by atoms with E-state index in [1.54, 1.807) is 6.92 Å². The van der Waals surface area contributed by atoms with Crippen molar-refractivity contribution >= 4 is 23.3 Å². The van der Waals surface area contributed by atoms with Gasteiger partial charge in [-0.1, -0.05) is 18.5 Å². The fourth-order valence-corrected chi connectivity index (χ4v) is 1.51. The van der Waals surface area contributed by atoms with Crippen LogP contribution in [-0.2, 0) is 11.0 Å². The van der Waals surface area contributed by atoms with Crippen LogP contribution in [0.3, 0.4) is 0 Å². The van der Waals surface area contributed by atoms with E-state index in [-0.39, 0.29) is 17.1 Å². The third kappa shape index (κ3) is 3.53. The van der Waals surface area contributed by atoms with E-state index in [4.69, 9.17) is 16.7 Å². The lowest BCUT2D eigenvalue weighted by atomic mass is 10.1. The normalized spacial score (nSPS) is 13.2. The van der Waals surface area contributed by atoms with Crippen LogP contribution >= 0.6 is 11.6 Å². The largest absolute Gasteiger partial charge is 0.480 e. The van der Waals surface area contributed by atoms with E-state index in [0.717, 1.165) is 18.2 Å². The molecule has 0 fully saturated rings. The van der Waals surface area contributed by atoms with E-state index in [2.05, 4.69) is 5.32 Å². The predicted octanol–water partition coefficient (Wildman–Crippen LogP) is 3.63. The molecule has 1 rings (SSSR count). The maximum Gasteiger partial charge on any atom is 0.416 e. The molecule has 0 heterocycles. The van der Waals surface area contributed by atoms with Crippen molar-refractivity contribution in [2.75, 3.05) is 5.32 Å². The molecule has 1 atom stereocenters. The summed E-state index contributed by atoms with van der Waals surface area (Å²) in [5, 5.41) is 11.3. The van der Waals surface area contributed by atoms with Gasteiger partial charge in [-0.15, -0.1) is 0 Å². The Hall–Kier alpha value is -1.43. The first-order chi connectivity index (χ1) is 8.25. The zero-order chi connectivity index (χ0) is 13.9. The number of carboxylic acids is 1. The molecule has 2 N–H and O–H groups in total. The summed E-state index contributed by atoms with van der Waals surface area (Å²) in [4.78, 5) is 10.8. The number of aliphatic carboxylic acids is 1. The van der Waals surface area contributed by atoms with Crippen LogP contribution in [0.25, 0.3) is 0 Å². The minimum atomic E-state index is -4.49. The maximum atomic E-state index is 12.5. The molecular weight excluding hydrogens is 271 g/mol. The summed E-state index contributed by atoms with van der Waals surface area (Å²) in [6, 6.07) is 1.75. The number of hydrogen-bond acceptors (Lipinski definition) is 2. The Balaban J connectivity index is 3.05. The van der Waals surface area contributed by atoms with Crippen LogP contribution in [0.5, 0.6) is 0 Å². The van der Waals surface area contributed by atoms with Crippen LogP contribution in [0.15, 0.2) is 18.2 Å². The molecule has 1 aromatic rings. The van der Waals surface area contributed by atoms with Crippen molar-refractivity contribution in [3.8, 4) is 0 Å². The van der Waals surface area contributed by atoms with Gasteiger partial charge in [0.1, 0.15) is 6.04 Å². The van der Waals surface area contributed by atoms with Gasteiger partial charge in [0, 0.05) is 0 Å². The Morgan fingerprint density at radius 2 is 2.11 bits per heavy atom. The van der Waals surface area contributed by atoms with Gasteiger partial charge < -0.3 is 10.4 Å². The lowest BCUT2D eigenvalue weighted by Gasteiger charge is -2.16. The minimum absolute atomic E-state index is 0.0410. The van der Waals surface area contributed by atoms with Gasteiger partial charge in [0.25, 0.3) is 0 Å². The molecule has 0 aliphatic carbocycles. The Bertz CT molecular complexity index is 448. The zero-order valence-corrected chi connectivity index (χ0v) is 10.1. The summed E-state index contributed by atoms with van der Waals surface area (Å²) in [6.45, 7) is 1.60. The summed E-state index contributed by atoms with van der Waals surface area (Å²) in [5.74, 6) is -1.15. The second kappa shape index (κ2) is 5.48. The smallest absolute Gasteiger partial charge is 0.416 e. The average Bonchev–Trinajstić information content (AvgIpc) is 2.25. The number of carbonyl (C=O) groups is 1. The van der Waals surface area contributed by atoms with Gasteiger partial charge in [0.15, 0.2) is 0 Å². The van der Waals surface area contributed by atoms with Gasteiger partial charge >= 0.3 is 12.1 Å². The highest BCUT2D eigenvalue weighted by molar-refractivity contribution is 6.33. The van der Waals surface area contributed by atoms with E-state index in [1.807, 2.05) is 0 Å². The van der Waals surface area contributed by atoms with Crippen LogP contribution in [-0.4, -0.2) is 17.1 Å². The number of anilines is 1. The van der Waals surface area contributed by atoms with Crippen molar-refractivity contribution in [1.82, 2.24) is 0 Å². The monoisotopic (exact) mass is 281 g/mol. The molecule has 3 nitrogen and oxygen atoms in total. The number of rotatable bonds is 4. The van der Waals surface area contributed by atoms with E-state index < -0.39 is 23.8 Å². The molecule has 1 aromatic carbocycles. The van der Waals surface area contributed by atoms with Crippen molar-refractivity contribution in [2.45, 2.75) is 25.6 Å². The molecule has 0 saturated carbocycles. The van der Waals surface area contributed by atoms with E-state index in [0.29, 0.717) is 0 Å². The number of hydrogen-bond donors (Lipinski definition) is 2. The first kappa shape index (κ1) is 14.6. The molecular formula is C11H11ClF3NO2. The van der Waals surface area contributed by atoms with Crippen molar-refractivity contribution in [2.24, 2.45) is 0 Å².